The van der Waals surface area contributed by atoms with Crippen LogP contribution in [0, 0.1) is 0 Å². The van der Waals surface area contributed by atoms with Gasteiger partial charge in [-0.25, -0.2) is 13.4 Å². The molecule has 3 rings (SSSR count). The van der Waals surface area contributed by atoms with Crippen LogP contribution in [-0.2, 0) is 14.8 Å². The first-order valence-corrected chi connectivity index (χ1v) is 12.6. The zero-order valence-electron chi connectivity index (χ0n) is 16.4. The van der Waals surface area contributed by atoms with Crippen LogP contribution in [0.25, 0.3) is 10.2 Å². The summed E-state index contributed by atoms with van der Waals surface area (Å²) in [6, 6.07) is 13.1. The number of rotatable bonds is 8. The summed E-state index contributed by atoms with van der Waals surface area (Å²) in [6.07, 6.45) is 0. The first-order valence-electron chi connectivity index (χ1n) is 9.19. The van der Waals surface area contributed by atoms with Gasteiger partial charge >= 0.3 is 0 Å². The lowest BCUT2D eigenvalue weighted by Crippen LogP contribution is -2.14. The highest BCUT2D eigenvalue weighted by Crippen LogP contribution is 2.31. The smallest absolute Gasteiger partial charge is 0.234 e. The fraction of sp³-hybridized carbons (Fsp3) is 0.300. The van der Waals surface area contributed by atoms with Gasteiger partial charge in [-0.3, -0.25) is 9.52 Å². The molecule has 154 valence electrons. The van der Waals surface area contributed by atoms with Gasteiger partial charge in [-0.1, -0.05) is 37.7 Å². The number of sulfonamides is 1. The first kappa shape index (κ1) is 21.6. The number of hydrogen-bond acceptors (Lipinski definition) is 6. The molecule has 0 radical (unpaired) electrons. The number of thioether (sulfide) groups is 1. The monoisotopic (exact) mass is 449 g/mol. The number of anilines is 2. The zero-order chi connectivity index (χ0) is 21.0. The van der Waals surface area contributed by atoms with E-state index < -0.39 is 10.0 Å². The van der Waals surface area contributed by atoms with Crippen LogP contribution in [0.4, 0.5) is 11.4 Å². The van der Waals surface area contributed by atoms with Crippen molar-refractivity contribution in [1.82, 2.24) is 4.98 Å². The number of nitrogens with zero attached hydrogens (tertiary/aromatic N) is 1. The molecule has 6 nitrogen and oxygen atoms in total. The Hall–Kier alpha value is -2.10. The summed E-state index contributed by atoms with van der Waals surface area (Å²) in [5.41, 5.74) is 3.30. The summed E-state index contributed by atoms with van der Waals surface area (Å²) >= 11 is 2.80. The van der Waals surface area contributed by atoms with Gasteiger partial charge in [0.2, 0.25) is 15.9 Å². The molecule has 1 amide bonds. The van der Waals surface area contributed by atoms with E-state index in [9.17, 15) is 13.2 Å². The van der Waals surface area contributed by atoms with E-state index in [0.29, 0.717) is 11.6 Å². The quantitative estimate of drug-likeness (QED) is 0.477. The fourth-order valence-electron chi connectivity index (χ4n) is 2.56. The Bertz CT molecular complexity index is 1110. The van der Waals surface area contributed by atoms with Crippen LogP contribution in [0.3, 0.4) is 0 Å². The zero-order valence-corrected chi connectivity index (χ0v) is 18.9. The SMILES string of the molecule is CCS(=O)(=O)Nc1ccc2nc(SCC(=O)Nc3ccc(C(C)C)cc3)sc2c1. The second-order valence-electron chi connectivity index (χ2n) is 6.78. The van der Waals surface area contributed by atoms with E-state index >= 15 is 0 Å². The van der Waals surface area contributed by atoms with Crippen LogP contribution < -0.4 is 10.0 Å². The summed E-state index contributed by atoms with van der Waals surface area (Å²) in [6.45, 7) is 5.85. The molecule has 0 unspecified atom stereocenters. The average molecular weight is 450 g/mol. The molecule has 9 heteroatoms. The van der Waals surface area contributed by atoms with E-state index in [1.807, 2.05) is 24.3 Å². The maximum absolute atomic E-state index is 12.2. The Morgan fingerprint density at radius 1 is 1.14 bits per heavy atom. The van der Waals surface area contributed by atoms with Crippen molar-refractivity contribution in [2.24, 2.45) is 0 Å². The van der Waals surface area contributed by atoms with Gasteiger partial charge in [-0.05, 0) is 48.7 Å². The number of nitrogens with one attached hydrogen (secondary N) is 2. The average Bonchev–Trinajstić information content (AvgIpc) is 3.09. The van der Waals surface area contributed by atoms with Gasteiger partial charge in [-0.2, -0.15) is 0 Å². The van der Waals surface area contributed by atoms with Crippen LogP contribution in [-0.4, -0.2) is 30.8 Å². The van der Waals surface area contributed by atoms with E-state index in [-0.39, 0.29) is 17.4 Å². The van der Waals surface area contributed by atoms with Crippen molar-refractivity contribution >= 4 is 60.6 Å². The molecule has 1 heterocycles. The molecule has 0 saturated heterocycles. The van der Waals surface area contributed by atoms with Crippen LogP contribution in [0.1, 0.15) is 32.3 Å². The van der Waals surface area contributed by atoms with Crippen LogP contribution in [0.5, 0.6) is 0 Å². The Labute approximate surface area is 179 Å². The predicted octanol–water partition coefficient (Wildman–Crippen LogP) is 4.91. The van der Waals surface area contributed by atoms with E-state index in [4.69, 9.17) is 0 Å². The molecule has 3 aromatic rings. The topological polar surface area (TPSA) is 88.2 Å². The number of fused-ring (bicyclic) bond motifs is 1. The second kappa shape index (κ2) is 9.15. The maximum Gasteiger partial charge on any atom is 0.234 e. The third kappa shape index (κ3) is 5.94. The van der Waals surface area contributed by atoms with Gasteiger partial charge in [-0.15, -0.1) is 11.3 Å². The molecule has 2 aromatic carbocycles. The molecule has 1 aromatic heterocycles. The molecule has 0 aliphatic heterocycles. The highest BCUT2D eigenvalue weighted by molar-refractivity contribution is 8.01. The molecule has 0 atom stereocenters. The Morgan fingerprint density at radius 3 is 2.48 bits per heavy atom. The van der Waals surface area contributed by atoms with Gasteiger partial charge in [0.15, 0.2) is 4.34 Å². The van der Waals surface area contributed by atoms with Crippen molar-refractivity contribution in [3.05, 3.63) is 48.0 Å². The second-order valence-corrected chi connectivity index (χ2v) is 11.0. The van der Waals surface area contributed by atoms with Crippen LogP contribution >= 0.6 is 23.1 Å². The lowest BCUT2D eigenvalue weighted by atomic mass is 10.0. The molecule has 0 aliphatic rings. The standard InChI is InChI=1S/C20H23N3O3S3/c1-4-29(25,26)23-16-9-10-17-18(11-16)28-20(22-17)27-12-19(24)21-15-7-5-14(6-8-15)13(2)3/h5-11,13,23H,4,12H2,1-3H3,(H,21,24). The number of carbonyl (C=O) groups excluding carboxylic acids is 1. The summed E-state index contributed by atoms with van der Waals surface area (Å²) in [7, 11) is -3.32. The van der Waals surface area contributed by atoms with Gasteiger partial charge < -0.3 is 5.32 Å². The van der Waals surface area contributed by atoms with E-state index in [2.05, 4.69) is 28.9 Å². The van der Waals surface area contributed by atoms with Crippen molar-refractivity contribution < 1.29 is 13.2 Å². The van der Waals surface area contributed by atoms with Gasteiger partial charge in [0.05, 0.1) is 27.4 Å². The fourth-order valence-corrected chi connectivity index (χ4v) is 5.09. The third-order valence-electron chi connectivity index (χ3n) is 4.21. The molecule has 2 N–H and O–H groups in total. The van der Waals surface area contributed by atoms with E-state index in [1.165, 1.54) is 28.7 Å². The van der Waals surface area contributed by atoms with Crippen LogP contribution in [0.2, 0.25) is 0 Å². The Morgan fingerprint density at radius 2 is 1.83 bits per heavy atom. The Kier molecular flexibility index (Phi) is 6.81. The molecular weight excluding hydrogens is 426 g/mol. The van der Waals surface area contributed by atoms with Crippen molar-refractivity contribution in [3.8, 4) is 0 Å². The molecular formula is C20H23N3O3S3. The van der Waals surface area contributed by atoms with Crippen molar-refractivity contribution in [2.75, 3.05) is 21.5 Å². The van der Waals surface area contributed by atoms with Gasteiger partial charge in [0, 0.05) is 5.69 Å². The minimum absolute atomic E-state index is 0.0180. The number of aromatic nitrogens is 1. The Balaban J connectivity index is 1.60. The third-order valence-corrected chi connectivity index (χ3v) is 7.68. The minimum atomic E-state index is -3.32. The molecule has 0 spiro atoms. The van der Waals surface area contributed by atoms with E-state index in [0.717, 1.165) is 20.2 Å². The van der Waals surface area contributed by atoms with E-state index in [1.54, 1.807) is 25.1 Å². The number of benzene rings is 2. The summed E-state index contributed by atoms with van der Waals surface area (Å²) in [4.78, 5) is 16.7. The molecule has 0 aliphatic carbocycles. The molecule has 29 heavy (non-hydrogen) atoms. The lowest BCUT2D eigenvalue weighted by molar-refractivity contribution is -0.113. The number of hydrogen-bond donors (Lipinski definition) is 2. The van der Waals surface area contributed by atoms with Crippen molar-refractivity contribution in [2.45, 2.75) is 31.0 Å². The van der Waals surface area contributed by atoms with Gasteiger partial charge in [0.1, 0.15) is 0 Å². The highest BCUT2D eigenvalue weighted by atomic mass is 32.2. The highest BCUT2D eigenvalue weighted by Gasteiger charge is 2.11. The van der Waals surface area contributed by atoms with Crippen LogP contribution in [0.15, 0.2) is 46.8 Å². The number of amides is 1. The minimum Gasteiger partial charge on any atom is -0.325 e. The number of thiazole rings is 1. The largest absolute Gasteiger partial charge is 0.325 e. The maximum atomic E-state index is 12.2. The number of carbonyl (C=O) groups is 1. The predicted molar refractivity (Wildman–Crippen MR) is 123 cm³/mol. The van der Waals surface area contributed by atoms with Gasteiger partial charge in [0.25, 0.3) is 0 Å². The summed E-state index contributed by atoms with van der Waals surface area (Å²) in [5, 5.41) is 2.89. The molecule has 0 bridgehead atoms. The van der Waals surface area contributed by atoms with Crippen molar-refractivity contribution in [1.29, 1.82) is 0 Å². The molecule has 0 saturated carbocycles. The lowest BCUT2D eigenvalue weighted by Gasteiger charge is -2.08. The molecule has 0 fully saturated rings. The summed E-state index contributed by atoms with van der Waals surface area (Å²) < 4.78 is 27.6. The normalized spacial score (nSPS) is 11.7. The first-order chi connectivity index (χ1) is 13.8. The van der Waals surface area contributed by atoms with Crippen molar-refractivity contribution in [3.63, 3.8) is 0 Å². The summed E-state index contributed by atoms with van der Waals surface area (Å²) in [5.74, 6) is 0.626.